The van der Waals surface area contributed by atoms with Crippen molar-refractivity contribution in [3.63, 3.8) is 0 Å². The first-order valence-corrected chi connectivity index (χ1v) is 6.96. The van der Waals surface area contributed by atoms with Gasteiger partial charge in [-0.2, -0.15) is 5.26 Å². The van der Waals surface area contributed by atoms with E-state index >= 15 is 0 Å². The summed E-state index contributed by atoms with van der Waals surface area (Å²) in [7, 11) is 1.59. The van der Waals surface area contributed by atoms with E-state index in [1.807, 2.05) is 18.2 Å². The lowest BCUT2D eigenvalue weighted by atomic mass is 10.1. The molecule has 21 heavy (non-hydrogen) atoms. The Morgan fingerprint density at radius 3 is 3.10 bits per heavy atom. The molecular formula is C16H16N4O. The summed E-state index contributed by atoms with van der Waals surface area (Å²) in [6.45, 7) is 0.583. The lowest BCUT2D eigenvalue weighted by Gasteiger charge is -2.10. The summed E-state index contributed by atoms with van der Waals surface area (Å²) in [5.41, 5.74) is 3.97. The highest BCUT2D eigenvalue weighted by molar-refractivity contribution is 5.55. The maximum Gasteiger partial charge on any atom is 0.213 e. The average molecular weight is 280 g/mol. The number of hydrogen-bond acceptors (Lipinski definition) is 5. The van der Waals surface area contributed by atoms with Gasteiger partial charge in [-0.3, -0.25) is 0 Å². The van der Waals surface area contributed by atoms with E-state index in [1.165, 1.54) is 5.56 Å². The van der Waals surface area contributed by atoms with Crippen molar-refractivity contribution in [3.05, 3.63) is 46.8 Å². The van der Waals surface area contributed by atoms with Gasteiger partial charge >= 0.3 is 0 Å². The Morgan fingerprint density at radius 1 is 1.38 bits per heavy atom. The monoisotopic (exact) mass is 280 g/mol. The van der Waals surface area contributed by atoms with Gasteiger partial charge in [0, 0.05) is 24.5 Å². The molecule has 1 N–H and O–H groups in total. The SMILES string of the molecule is COc1cc(CNc2nc3c(cc2C#N)CCC3)ccn1. The summed E-state index contributed by atoms with van der Waals surface area (Å²) in [6.07, 6.45) is 4.85. The zero-order chi connectivity index (χ0) is 14.7. The van der Waals surface area contributed by atoms with Crippen molar-refractivity contribution < 1.29 is 4.74 Å². The highest BCUT2D eigenvalue weighted by Crippen LogP contribution is 2.25. The number of anilines is 1. The first kappa shape index (κ1) is 13.4. The number of fused-ring (bicyclic) bond motifs is 1. The second-order valence-electron chi connectivity index (χ2n) is 5.02. The summed E-state index contributed by atoms with van der Waals surface area (Å²) in [5, 5.41) is 12.5. The molecular weight excluding hydrogens is 264 g/mol. The third-order valence-corrected chi connectivity index (χ3v) is 3.64. The van der Waals surface area contributed by atoms with E-state index in [-0.39, 0.29) is 0 Å². The molecule has 2 aromatic rings. The van der Waals surface area contributed by atoms with Crippen molar-refractivity contribution >= 4 is 5.82 Å². The number of ether oxygens (including phenoxy) is 1. The van der Waals surface area contributed by atoms with Gasteiger partial charge in [-0.15, -0.1) is 0 Å². The van der Waals surface area contributed by atoms with Gasteiger partial charge < -0.3 is 10.1 Å². The Bertz CT molecular complexity index is 706. The average Bonchev–Trinajstić information content (AvgIpc) is 2.99. The minimum Gasteiger partial charge on any atom is -0.481 e. The molecule has 0 unspecified atom stereocenters. The predicted octanol–water partition coefficient (Wildman–Crippen LogP) is 2.46. The molecule has 3 rings (SSSR count). The van der Waals surface area contributed by atoms with E-state index in [1.54, 1.807) is 13.3 Å². The Labute approximate surface area is 123 Å². The number of nitriles is 1. The van der Waals surface area contributed by atoms with Gasteiger partial charge in [0.05, 0.1) is 12.7 Å². The van der Waals surface area contributed by atoms with Crippen molar-refractivity contribution in [3.8, 4) is 11.9 Å². The van der Waals surface area contributed by atoms with Crippen LogP contribution in [0.1, 0.15) is 28.8 Å². The van der Waals surface area contributed by atoms with E-state index in [9.17, 15) is 5.26 Å². The van der Waals surface area contributed by atoms with Crippen LogP contribution in [0.3, 0.4) is 0 Å². The van der Waals surface area contributed by atoms with Crippen molar-refractivity contribution in [2.75, 3.05) is 12.4 Å². The summed E-state index contributed by atoms with van der Waals surface area (Å²) in [6, 6.07) is 7.96. The smallest absolute Gasteiger partial charge is 0.213 e. The number of aryl methyl sites for hydroxylation is 2. The van der Waals surface area contributed by atoms with E-state index in [4.69, 9.17) is 4.74 Å². The Kier molecular flexibility index (Phi) is 3.69. The molecule has 0 fully saturated rings. The predicted molar refractivity (Wildman–Crippen MR) is 79.1 cm³/mol. The zero-order valence-electron chi connectivity index (χ0n) is 11.9. The molecule has 0 aromatic carbocycles. The number of methoxy groups -OCH3 is 1. The fourth-order valence-corrected chi connectivity index (χ4v) is 2.55. The molecule has 1 aliphatic carbocycles. The van der Waals surface area contributed by atoms with Crippen LogP contribution in [0.2, 0.25) is 0 Å². The van der Waals surface area contributed by atoms with Crippen LogP contribution < -0.4 is 10.1 Å². The number of nitrogens with zero attached hydrogens (tertiary/aromatic N) is 3. The molecule has 106 valence electrons. The van der Waals surface area contributed by atoms with Crippen LogP contribution in [0.5, 0.6) is 5.88 Å². The molecule has 0 atom stereocenters. The van der Waals surface area contributed by atoms with E-state index in [0.29, 0.717) is 23.8 Å². The molecule has 1 aliphatic rings. The Morgan fingerprint density at radius 2 is 2.29 bits per heavy atom. The van der Waals surface area contributed by atoms with Crippen LogP contribution in [0.15, 0.2) is 24.4 Å². The molecule has 5 nitrogen and oxygen atoms in total. The van der Waals surface area contributed by atoms with Crippen molar-refractivity contribution in [2.24, 2.45) is 0 Å². The van der Waals surface area contributed by atoms with Gasteiger partial charge in [0.15, 0.2) is 0 Å². The quantitative estimate of drug-likeness (QED) is 0.931. The topological polar surface area (TPSA) is 70.8 Å². The number of rotatable bonds is 4. The van der Waals surface area contributed by atoms with Gasteiger partial charge in [-0.25, -0.2) is 9.97 Å². The van der Waals surface area contributed by atoms with Crippen LogP contribution in [0, 0.1) is 11.3 Å². The normalized spacial score (nSPS) is 12.6. The van der Waals surface area contributed by atoms with Gasteiger partial charge in [-0.1, -0.05) is 0 Å². The second-order valence-corrected chi connectivity index (χ2v) is 5.02. The maximum absolute atomic E-state index is 9.27. The zero-order valence-corrected chi connectivity index (χ0v) is 11.9. The van der Waals surface area contributed by atoms with Crippen molar-refractivity contribution in [1.82, 2.24) is 9.97 Å². The lowest BCUT2D eigenvalue weighted by molar-refractivity contribution is 0.397. The highest BCUT2D eigenvalue weighted by atomic mass is 16.5. The van der Waals surface area contributed by atoms with Crippen LogP contribution in [-0.2, 0) is 19.4 Å². The largest absolute Gasteiger partial charge is 0.481 e. The third kappa shape index (κ3) is 2.79. The second kappa shape index (κ2) is 5.80. The van der Waals surface area contributed by atoms with Crippen molar-refractivity contribution in [1.29, 1.82) is 5.26 Å². The molecule has 0 aliphatic heterocycles. The lowest BCUT2D eigenvalue weighted by Crippen LogP contribution is -2.06. The molecule has 0 radical (unpaired) electrons. The maximum atomic E-state index is 9.27. The number of nitrogens with one attached hydrogen (secondary N) is 1. The van der Waals surface area contributed by atoms with Crippen LogP contribution in [0.4, 0.5) is 5.82 Å². The molecule has 0 bridgehead atoms. The van der Waals surface area contributed by atoms with E-state index in [0.717, 1.165) is 30.5 Å². The minimum absolute atomic E-state index is 0.580. The molecule has 0 saturated carbocycles. The Hall–Kier alpha value is -2.61. The van der Waals surface area contributed by atoms with Gasteiger partial charge in [0.25, 0.3) is 0 Å². The third-order valence-electron chi connectivity index (χ3n) is 3.64. The van der Waals surface area contributed by atoms with E-state index < -0.39 is 0 Å². The molecule has 0 spiro atoms. The van der Waals surface area contributed by atoms with Gasteiger partial charge in [-0.05, 0) is 42.5 Å². The van der Waals surface area contributed by atoms with Crippen molar-refractivity contribution in [2.45, 2.75) is 25.8 Å². The summed E-state index contributed by atoms with van der Waals surface area (Å²) in [4.78, 5) is 8.68. The summed E-state index contributed by atoms with van der Waals surface area (Å²) >= 11 is 0. The molecule has 2 aromatic heterocycles. The molecule has 2 heterocycles. The standard InChI is InChI=1S/C16H16N4O/c1-21-15-7-11(5-6-18-15)10-19-16-13(9-17)8-12-3-2-4-14(12)20-16/h5-8H,2-4,10H2,1H3,(H,19,20). The van der Waals surface area contributed by atoms with Crippen LogP contribution in [0.25, 0.3) is 0 Å². The molecule has 0 saturated heterocycles. The van der Waals surface area contributed by atoms with Gasteiger partial charge in [0.1, 0.15) is 11.9 Å². The summed E-state index contributed by atoms with van der Waals surface area (Å²) < 4.78 is 5.11. The highest BCUT2D eigenvalue weighted by Gasteiger charge is 2.16. The summed E-state index contributed by atoms with van der Waals surface area (Å²) in [5.74, 6) is 1.24. The number of hydrogen-bond donors (Lipinski definition) is 1. The van der Waals surface area contributed by atoms with Crippen LogP contribution >= 0.6 is 0 Å². The fourth-order valence-electron chi connectivity index (χ4n) is 2.55. The minimum atomic E-state index is 0.580. The number of pyridine rings is 2. The van der Waals surface area contributed by atoms with E-state index in [2.05, 4.69) is 21.4 Å². The van der Waals surface area contributed by atoms with Crippen LogP contribution in [-0.4, -0.2) is 17.1 Å². The fraction of sp³-hybridized carbons (Fsp3) is 0.312. The first-order chi connectivity index (χ1) is 10.3. The van der Waals surface area contributed by atoms with Gasteiger partial charge in [0.2, 0.25) is 5.88 Å². The Balaban J connectivity index is 1.80. The first-order valence-electron chi connectivity index (χ1n) is 6.96. The molecule has 5 heteroatoms. The number of aromatic nitrogens is 2. The molecule has 0 amide bonds.